The van der Waals surface area contributed by atoms with Gasteiger partial charge in [0.05, 0.1) is 12.7 Å². The molecular weight excluding hydrogens is 226 g/mol. The normalized spacial score (nSPS) is 13.8. The Morgan fingerprint density at radius 3 is 2.53 bits per heavy atom. The van der Waals surface area contributed by atoms with Crippen LogP contribution in [0, 0.1) is 0 Å². The highest BCUT2D eigenvalue weighted by Gasteiger charge is 2.23. The third kappa shape index (κ3) is 3.02. The fourth-order valence-electron chi connectivity index (χ4n) is 1.31. The Balaban J connectivity index is 2.99. The molecule has 4 N–H and O–H groups in total. The first-order valence-corrected chi connectivity index (χ1v) is 4.81. The number of hydrogen-bond donors (Lipinski definition) is 3. The molecule has 6 nitrogen and oxygen atoms in total. The summed E-state index contributed by atoms with van der Waals surface area (Å²) in [6.45, 7) is 0. The van der Waals surface area contributed by atoms with Gasteiger partial charge in [-0.2, -0.15) is 0 Å². The highest BCUT2D eigenvalue weighted by molar-refractivity contribution is 5.89. The Morgan fingerprint density at radius 2 is 2.00 bits per heavy atom. The monoisotopic (exact) mass is 239 g/mol. The number of rotatable bonds is 4. The van der Waals surface area contributed by atoms with Crippen molar-refractivity contribution in [1.29, 1.82) is 0 Å². The van der Waals surface area contributed by atoms with Crippen LogP contribution in [0.3, 0.4) is 0 Å². The zero-order valence-corrected chi connectivity index (χ0v) is 9.16. The number of amides is 1. The van der Waals surface area contributed by atoms with Crippen molar-refractivity contribution in [3.8, 4) is 0 Å². The van der Waals surface area contributed by atoms with E-state index >= 15 is 0 Å². The Labute approximate surface area is 97.6 Å². The molecule has 0 spiro atoms. The molecule has 0 aliphatic rings. The fourth-order valence-corrected chi connectivity index (χ4v) is 1.31. The van der Waals surface area contributed by atoms with Crippen molar-refractivity contribution >= 4 is 11.9 Å². The van der Waals surface area contributed by atoms with Crippen LogP contribution in [0.1, 0.15) is 22.0 Å². The summed E-state index contributed by atoms with van der Waals surface area (Å²) in [6, 6.07) is 5.77. The van der Waals surface area contributed by atoms with Crippen LogP contribution >= 0.6 is 0 Å². The van der Waals surface area contributed by atoms with Crippen LogP contribution in [-0.2, 0) is 9.53 Å². The van der Waals surface area contributed by atoms with Crippen LogP contribution in [0.5, 0.6) is 0 Å². The van der Waals surface area contributed by atoms with Crippen LogP contribution in [0.15, 0.2) is 24.3 Å². The molecule has 0 saturated carbocycles. The second kappa shape index (κ2) is 5.42. The van der Waals surface area contributed by atoms with Crippen molar-refractivity contribution < 1.29 is 24.5 Å². The average molecular weight is 239 g/mol. The Morgan fingerprint density at radius 1 is 1.35 bits per heavy atom. The van der Waals surface area contributed by atoms with E-state index in [1.165, 1.54) is 31.4 Å². The molecular formula is C11H13NO5. The maximum Gasteiger partial charge on any atom is 0.337 e. The zero-order valence-electron chi connectivity index (χ0n) is 9.16. The molecule has 92 valence electrons. The predicted octanol–water partition coefficient (Wildman–Crippen LogP) is -0.647. The van der Waals surface area contributed by atoms with Crippen LogP contribution in [-0.4, -0.2) is 35.3 Å². The maximum atomic E-state index is 11.2. The van der Waals surface area contributed by atoms with Gasteiger partial charge < -0.3 is 20.7 Å². The number of carbonyl (C=O) groups excluding carboxylic acids is 2. The largest absolute Gasteiger partial charge is 0.465 e. The molecule has 6 heteroatoms. The first kappa shape index (κ1) is 13.1. The highest BCUT2D eigenvalue weighted by Crippen LogP contribution is 2.18. The molecule has 1 amide bonds. The molecule has 0 aliphatic heterocycles. The second-order valence-electron chi connectivity index (χ2n) is 3.41. The fraction of sp³-hybridized carbons (Fsp3) is 0.273. The van der Waals surface area contributed by atoms with Crippen molar-refractivity contribution in [3.63, 3.8) is 0 Å². The molecule has 0 heterocycles. The highest BCUT2D eigenvalue weighted by atomic mass is 16.5. The van der Waals surface area contributed by atoms with E-state index in [-0.39, 0.29) is 11.1 Å². The van der Waals surface area contributed by atoms with Crippen molar-refractivity contribution in [1.82, 2.24) is 0 Å². The van der Waals surface area contributed by atoms with E-state index < -0.39 is 24.1 Å². The lowest BCUT2D eigenvalue weighted by Crippen LogP contribution is -2.33. The van der Waals surface area contributed by atoms with Gasteiger partial charge in [0.25, 0.3) is 0 Å². The Bertz CT molecular complexity index is 432. The number of carbonyl (C=O) groups is 2. The second-order valence-corrected chi connectivity index (χ2v) is 3.41. The van der Waals surface area contributed by atoms with Crippen molar-refractivity contribution in [2.45, 2.75) is 12.2 Å². The quantitative estimate of drug-likeness (QED) is 0.605. The van der Waals surface area contributed by atoms with Gasteiger partial charge in [0.2, 0.25) is 5.91 Å². The third-order valence-corrected chi connectivity index (χ3v) is 2.24. The number of aliphatic hydroxyl groups is 2. The van der Waals surface area contributed by atoms with Crippen molar-refractivity contribution in [2.24, 2.45) is 5.73 Å². The Hall–Kier alpha value is -1.92. The number of ether oxygens (including phenoxy) is 1. The van der Waals surface area contributed by atoms with Crippen LogP contribution in [0.4, 0.5) is 0 Å². The van der Waals surface area contributed by atoms with Gasteiger partial charge >= 0.3 is 5.97 Å². The molecule has 1 aromatic carbocycles. The summed E-state index contributed by atoms with van der Waals surface area (Å²) in [5.74, 6) is -1.62. The lowest BCUT2D eigenvalue weighted by Gasteiger charge is -2.15. The van der Waals surface area contributed by atoms with Crippen LogP contribution in [0.25, 0.3) is 0 Å². The molecule has 0 aromatic heterocycles. The van der Waals surface area contributed by atoms with E-state index in [0.29, 0.717) is 0 Å². The van der Waals surface area contributed by atoms with E-state index in [2.05, 4.69) is 4.74 Å². The molecule has 1 rings (SSSR count). The molecule has 1 aromatic rings. The van der Waals surface area contributed by atoms with Gasteiger partial charge in [-0.25, -0.2) is 4.79 Å². The Kier molecular flexibility index (Phi) is 4.19. The molecule has 0 bridgehead atoms. The minimum absolute atomic E-state index is 0.208. The summed E-state index contributed by atoms with van der Waals surface area (Å²) in [4.78, 5) is 21.9. The summed E-state index contributed by atoms with van der Waals surface area (Å²) >= 11 is 0. The number of nitrogens with two attached hydrogens (primary N) is 1. The van der Waals surface area contributed by atoms with E-state index in [1.807, 2.05) is 0 Å². The van der Waals surface area contributed by atoms with Gasteiger partial charge in [0.15, 0.2) is 6.10 Å². The first-order chi connectivity index (χ1) is 7.97. The van der Waals surface area contributed by atoms with E-state index in [1.54, 1.807) is 0 Å². The molecule has 0 saturated heterocycles. The average Bonchev–Trinajstić information content (AvgIpc) is 2.36. The van der Waals surface area contributed by atoms with Crippen molar-refractivity contribution in [2.75, 3.05) is 7.11 Å². The minimum atomic E-state index is -1.72. The van der Waals surface area contributed by atoms with Gasteiger partial charge in [-0.15, -0.1) is 0 Å². The number of primary amides is 1. The first-order valence-electron chi connectivity index (χ1n) is 4.81. The molecule has 2 unspecified atom stereocenters. The summed E-state index contributed by atoms with van der Waals surface area (Å²) in [6.07, 6.45) is -3.19. The van der Waals surface area contributed by atoms with Gasteiger partial charge in [-0.1, -0.05) is 12.1 Å². The lowest BCUT2D eigenvalue weighted by molar-refractivity contribution is -0.131. The predicted molar refractivity (Wildman–Crippen MR) is 57.9 cm³/mol. The SMILES string of the molecule is COC(=O)c1cccc(C(O)C(O)C(N)=O)c1. The number of esters is 1. The minimum Gasteiger partial charge on any atom is -0.465 e. The van der Waals surface area contributed by atoms with Gasteiger partial charge in [-0.3, -0.25) is 4.79 Å². The molecule has 2 atom stereocenters. The van der Waals surface area contributed by atoms with Crippen LogP contribution in [0.2, 0.25) is 0 Å². The lowest BCUT2D eigenvalue weighted by atomic mass is 10.0. The smallest absolute Gasteiger partial charge is 0.337 e. The van der Waals surface area contributed by atoms with Crippen molar-refractivity contribution in [3.05, 3.63) is 35.4 Å². The summed E-state index contributed by atoms with van der Waals surface area (Å²) in [5, 5.41) is 18.9. The third-order valence-electron chi connectivity index (χ3n) is 2.24. The van der Waals surface area contributed by atoms with E-state index in [4.69, 9.17) is 5.73 Å². The van der Waals surface area contributed by atoms with Gasteiger partial charge in [0, 0.05) is 0 Å². The molecule has 0 fully saturated rings. The number of aliphatic hydroxyl groups excluding tert-OH is 2. The molecule has 0 radical (unpaired) electrons. The topological polar surface area (TPSA) is 110 Å². The standard InChI is InChI=1S/C11H13NO5/c1-17-11(16)7-4-2-3-6(5-7)8(13)9(14)10(12)15/h2-5,8-9,13-14H,1H3,(H2,12,15). The van der Waals surface area contributed by atoms with E-state index in [9.17, 15) is 19.8 Å². The number of hydrogen-bond acceptors (Lipinski definition) is 5. The molecule has 17 heavy (non-hydrogen) atoms. The van der Waals surface area contributed by atoms with Gasteiger partial charge in [0.1, 0.15) is 6.10 Å². The zero-order chi connectivity index (χ0) is 13.0. The number of benzene rings is 1. The van der Waals surface area contributed by atoms with Crippen LogP contribution < -0.4 is 5.73 Å². The van der Waals surface area contributed by atoms with E-state index in [0.717, 1.165) is 0 Å². The molecule has 0 aliphatic carbocycles. The number of methoxy groups -OCH3 is 1. The summed E-state index contributed by atoms with van der Waals surface area (Å²) in [7, 11) is 1.23. The summed E-state index contributed by atoms with van der Waals surface area (Å²) in [5.41, 5.74) is 5.27. The summed E-state index contributed by atoms with van der Waals surface area (Å²) < 4.78 is 4.50. The maximum absolute atomic E-state index is 11.2. The van der Waals surface area contributed by atoms with Gasteiger partial charge in [-0.05, 0) is 17.7 Å².